The molecule has 3 heterocycles. The summed E-state index contributed by atoms with van der Waals surface area (Å²) >= 11 is 12.5. The van der Waals surface area contributed by atoms with Gasteiger partial charge in [-0.2, -0.15) is 0 Å². The molecule has 0 saturated heterocycles. The number of hydrogen-bond acceptors (Lipinski definition) is 11. The van der Waals surface area contributed by atoms with Crippen molar-refractivity contribution < 1.29 is 23.9 Å². The van der Waals surface area contributed by atoms with Crippen LogP contribution in [0, 0.1) is 19.7 Å². The molecule has 5 aromatic carbocycles. The summed E-state index contributed by atoms with van der Waals surface area (Å²) in [6, 6.07) is 33.8. The fourth-order valence-corrected chi connectivity index (χ4v) is 8.35. The van der Waals surface area contributed by atoms with E-state index in [2.05, 4.69) is 5.32 Å². The van der Waals surface area contributed by atoms with Crippen LogP contribution in [0.3, 0.4) is 0 Å². The van der Waals surface area contributed by atoms with E-state index in [4.69, 9.17) is 43.4 Å². The van der Waals surface area contributed by atoms with Crippen LogP contribution in [0.2, 0.25) is 0 Å². The highest BCUT2D eigenvalue weighted by atomic mass is 32.1. The Bertz CT molecular complexity index is 2910. The van der Waals surface area contributed by atoms with Crippen LogP contribution >= 0.6 is 24.4 Å². The van der Waals surface area contributed by atoms with Crippen molar-refractivity contribution in [3.05, 3.63) is 178 Å². The van der Waals surface area contributed by atoms with E-state index in [0.717, 1.165) is 0 Å². The lowest BCUT2D eigenvalue weighted by Crippen LogP contribution is -2.39. The first-order valence-electron chi connectivity index (χ1n) is 18.0. The molecular formula is C43H34N6O8S2. The maximum Gasteiger partial charge on any atom is 0.273 e. The van der Waals surface area contributed by atoms with Crippen LogP contribution in [-0.2, 0) is 0 Å². The number of aromatic nitrogens is 4. The van der Waals surface area contributed by atoms with Gasteiger partial charge in [0.05, 0.1) is 73.2 Å². The van der Waals surface area contributed by atoms with Crippen LogP contribution in [-0.4, -0.2) is 51.6 Å². The molecule has 0 saturated carbocycles. The molecule has 2 aromatic heterocycles. The summed E-state index contributed by atoms with van der Waals surface area (Å²) in [5.74, 6) is 0.220. The van der Waals surface area contributed by atoms with Crippen LogP contribution < -0.4 is 35.4 Å². The van der Waals surface area contributed by atoms with Crippen LogP contribution in [0.15, 0.2) is 131 Å². The van der Waals surface area contributed by atoms with Gasteiger partial charge in [0.1, 0.15) is 34.6 Å². The minimum Gasteiger partial charge on any atom is -0.495 e. The van der Waals surface area contributed by atoms with Crippen LogP contribution in [0.1, 0.15) is 22.6 Å². The van der Waals surface area contributed by atoms with Gasteiger partial charge in [-0.1, -0.05) is 66.7 Å². The average Bonchev–Trinajstić information content (AvgIpc) is 3.26. The summed E-state index contributed by atoms with van der Waals surface area (Å²) < 4.78 is 29.0. The van der Waals surface area contributed by atoms with E-state index in [1.165, 1.54) is 55.8 Å². The predicted molar refractivity (Wildman–Crippen MR) is 228 cm³/mol. The van der Waals surface area contributed by atoms with Gasteiger partial charge in [0.2, 0.25) is 0 Å². The lowest BCUT2D eigenvalue weighted by atomic mass is 9.83. The Morgan fingerprint density at radius 2 is 0.847 bits per heavy atom. The predicted octanol–water partition coefficient (Wildman–Crippen LogP) is 8.21. The fourth-order valence-electron chi connectivity index (χ4n) is 7.61. The van der Waals surface area contributed by atoms with E-state index in [9.17, 15) is 10.1 Å². The molecular weight excluding hydrogens is 793 g/mol. The van der Waals surface area contributed by atoms with Crippen molar-refractivity contribution in [2.75, 3.05) is 33.8 Å². The largest absolute Gasteiger partial charge is 0.495 e. The zero-order valence-corrected chi connectivity index (χ0v) is 33.6. The number of nitro benzene ring substituents is 1. The van der Waals surface area contributed by atoms with Gasteiger partial charge in [-0.25, -0.2) is 9.13 Å². The van der Waals surface area contributed by atoms with Gasteiger partial charge in [0.15, 0.2) is 9.54 Å². The maximum absolute atomic E-state index is 15.6. The van der Waals surface area contributed by atoms with E-state index in [0.29, 0.717) is 45.7 Å². The van der Waals surface area contributed by atoms with Gasteiger partial charge >= 0.3 is 0 Å². The van der Waals surface area contributed by atoms with E-state index >= 15 is 9.59 Å². The Kier molecular flexibility index (Phi) is 10.2. The molecule has 16 heteroatoms. The molecule has 14 nitrogen and oxygen atoms in total. The number of methoxy groups -OCH3 is 4. The van der Waals surface area contributed by atoms with Crippen molar-refractivity contribution in [1.82, 2.24) is 18.3 Å². The first-order chi connectivity index (χ1) is 28.7. The quantitative estimate of drug-likeness (QED) is 0.0809. The summed E-state index contributed by atoms with van der Waals surface area (Å²) in [4.78, 5) is 43.7. The summed E-state index contributed by atoms with van der Waals surface area (Å²) in [6.45, 7) is 0. The third kappa shape index (κ3) is 6.16. The molecule has 1 N–H and O–H groups in total. The van der Waals surface area contributed by atoms with Crippen molar-refractivity contribution >= 4 is 41.8 Å². The minimum atomic E-state index is -1.42. The van der Waals surface area contributed by atoms with Crippen LogP contribution in [0.4, 0.5) is 17.3 Å². The second-order valence-corrected chi connectivity index (χ2v) is 13.8. The molecule has 0 fully saturated rings. The molecule has 7 aromatic rings. The number of nitrogens with zero attached hydrogens (tertiary/aromatic N) is 5. The molecule has 1 aliphatic heterocycles. The zero-order chi connectivity index (χ0) is 41.5. The summed E-state index contributed by atoms with van der Waals surface area (Å²) in [5, 5.41) is 16.4. The highest BCUT2D eigenvalue weighted by molar-refractivity contribution is 7.71. The summed E-state index contributed by atoms with van der Waals surface area (Å²) in [7, 11) is 5.94. The van der Waals surface area contributed by atoms with Crippen molar-refractivity contribution in [2.24, 2.45) is 0 Å². The maximum atomic E-state index is 15.6. The highest BCUT2D eigenvalue weighted by Crippen LogP contribution is 2.47. The van der Waals surface area contributed by atoms with Gasteiger partial charge in [-0.05, 0) is 73.0 Å². The van der Waals surface area contributed by atoms with Gasteiger partial charge in [-0.15, -0.1) is 0 Å². The van der Waals surface area contributed by atoms with Gasteiger partial charge in [0.25, 0.3) is 16.8 Å². The smallest absolute Gasteiger partial charge is 0.273 e. The van der Waals surface area contributed by atoms with Crippen molar-refractivity contribution in [3.8, 4) is 45.7 Å². The Morgan fingerprint density at radius 1 is 0.525 bits per heavy atom. The first kappa shape index (κ1) is 38.6. The molecule has 0 aliphatic carbocycles. The minimum absolute atomic E-state index is 0.00943. The number of ether oxygens (including phenoxy) is 4. The topological polar surface area (TPSA) is 146 Å². The molecule has 0 bridgehead atoms. The third-order valence-corrected chi connectivity index (χ3v) is 10.9. The van der Waals surface area contributed by atoms with Gasteiger partial charge in [-0.3, -0.25) is 28.8 Å². The van der Waals surface area contributed by atoms with E-state index in [-0.39, 0.29) is 43.6 Å². The van der Waals surface area contributed by atoms with E-state index in [1.54, 1.807) is 112 Å². The Labute approximate surface area is 346 Å². The highest BCUT2D eigenvalue weighted by Gasteiger charge is 2.42. The molecule has 1 aliphatic rings. The number of benzene rings is 5. The molecule has 0 unspecified atom stereocenters. The van der Waals surface area contributed by atoms with Crippen molar-refractivity contribution in [2.45, 2.75) is 5.92 Å². The summed E-state index contributed by atoms with van der Waals surface area (Å²) in [5.41, 5.74) is -0.271. The Balaban J connectivity index is 1.66. The first-order valence-corrected chi connectivity index (χ1v) is 18.9. The third-order valence-electron chi connectivity index (χ3n) is 10.2. The van der Waals surface area contributed by atoms with Gasteiger partial charge < -0.3 is 24.3 Å². The standard InChI is InChI=1S/C43H34N6O8S2/c1-54-31-21-11-7-17-27(31)45-38-36(40(50)47(42(45)58)29-19-9-13-23-33(29)56-3)35(25-15-5-6-16-26(25)49(52)53)37-39(44-38)46(28-18-8-12-22-32(28)55-2)43(59)48(41(37)51)30-20-10-14-24-34(30)57-4/h5-24,35,44H,1-4H3. The number of anilines is 2. The Morgan fingerprint density at radius 3 is 1.20 bits per heavy atom. The molecule has 0 radical (unpaired) electrons. The van der Waals surface area contributed by atoms with E-state index < -0.39 is 22.0 Å². The lowest BCUT2D eigenvalue weighted by molar-refractivity contribution is -0.385. The normalized spacial score (nSPS) is 11.9. The molecule has 0 spiro atoms. The van der Waals surface area contributed by atoms with Gasteiger partial charge in [0, 0.05) is 11.6 Å². The second-order valence-electron chi connectivity index (χ2n) is 13.1. The second kappa shape index (κ2) is 15.6. The number of fused-ring (bicyclic) bond motifs is 2. The average molecular weight is 827 g/mol. The number of rotatable bonds is 10. The fraction of sp³-hybridized carbons (Fsp3) is 0.116. The molecule has 0 amide bonds. The number of nitrogens with one attached hydrogen (secondary N) is 1. The molecule has 296 valence electrons. The number of para-hydroxylation sites is 9. The van der Waals surface area contributed by atoms with Crippen molar-refractivity contribution in [1.29, 1.82) is 0 Å². The van der Waals surface area contributed by atoms with Crippen LogP contribution in [0.5, 0.6) is 23.0 Å². The molecule has 59 heavy (non-hydrogen) atoms. The summed E-state index contributed by atoms with van der Waals surface area (Å²) in [6.07, 6.45) is 0. The molecule has 8 rings (SSSR count). The Hall–Kier alpha value is -7.30. The van der Waals surface area contributed by atoms with E-state index in [1.807, 2.05) is 0 Å². The lowest BCUT2D eigenvalue weighted by Gasteiger charge is -2.34. The van der Waals surface area contributed by atoms with Crippen molar-refractivity contribution in [3.63, 3.8) is 0 Å². The monoisotopic (exact) mass is 826 g/mol. The zero-order valence-electron chi connectivity index (χ0n) is 31.9. The number of nitro groups is 1. The SMILES string of the molecule is COc1ccccc1-n1c2c(c(=O)n(-c3ccccc3OC)c1=S)C(c1ccccc1[N+](=O)[O-])c1c(n(-c3ccccc3OC)c(=S)n(-c3ccccc3OC)c1=O)N2. The molecule has 0 atom stereocenters. The number of hydrogen-bond donors (Lipinski definition) is 1. The van der Waals surface area contributed by atoms with Crippen LogP contribution in [0.25, 0.3) is 22.7 Å².